The summed E-state index contributed by atoms with van der Waals surface area (Å²) in [7, 11) is -4.06. The highest BCUT2D eigenvalue weighted by Crippen LogP contribution is 2.29. The van der Waals surface area contributed by atoms with Gasteiger partial charge < -0.3 is 5.32 Å². The van der Waals surface area contributed by atoms with Crippen LogP contribution in [0.15, 0.2) is 29.2 Å². The Hall–Kier alpha value is -2.42. The van der Waals surface area contributed by atoms with E-state index in [1.807, 2.05) is 0 Å². The van der Waals surface area contributed by atoms with Crippen LogP contribution in [-0.2, 0) is 14.8 Å². The van der Waals surface area contributed by atoms with E-state index in [2.05, 4.69) is 10.6 Å². The van der Waals surface area contributed by atoms with Crippen LogP contribution in [0.5, 0.6) is 0 Å². The van der Waals surface area contributed by atoms with Gasteiger partial charge in [0.25, 0.3) is 15.9 Å². The van der Waals surface area contributed by atoms with Crippen LogP contribution in [-0.4, -0.2) is 43.2 Å². The summed E-state index contributed by atoms with van der Waals surface area (Å²) in [4.78, 5) is 36.0. The molecule has 1 aromatic carbocycles. The summed E-state index contributed by atoms with van der Waals surface area (Å²) in [6, 6.07) is 5.11. The molecule has 4 amide bonds. The third kappa shape index (κ3) is 3.51. The SMILES string of the molecule is O=C(CN1C(=O)c2ccccc2S1(=O)=O)NC(=O)NC1CCCCC1. The highest BCUT2D eigenvalue weighted by atomic mass is 32.2. The van der Waals surface area contributed by atoms with Crippen LogP contribution in [0.1, 0.15) is 42.5 Å². The van der Waals surface area contributed by atoms with Crippen molar-refractivity contribution in [1.82, 2.24) is 14.9 Å². The van der Waals surface area contributed by atoms with E-state index >= 15 is 0 Å². The molecule has 0 bridgehead atoms. The molecule has 0 radical (unpaired) electrons. The number of nitrogens with one attached hydrogen (secondary N) is 2. The number of nitrogens with zero attached hydrogens (tertiary/aromatic N) is 1. The molecule has 0 spiro atoms. The van der Waals surface area contributed by atoms with E-state index in [0.717, 1.165) is 32.1 Å². The minimum absolute atomic E-state index is 0.0166. The van der Waals surface area contributed by atoms with Gasteiger partial charge in [-0.2, -0.15) is 0 Å². The lowest BCUT2D eigenvalue weighted by Crippen LogP contribution is -2.48. The van der Waals surface area contributed by atoms with Gasteiger partial charge in [-0.3, -0.25) is 14.9 Å². The van der Waals surface area contributed by atoms with Crippen LogP contribution < -0.4 is 10.6 Å². The number of carbonyl (C=O) groups excluding carboxylic acids is 3. The number of rotatable bonds is 3. The molecule has 1 aliphatic carbocycles. The molecule has 1 aliphatic heterocycles. The van der Waals surface area contributed by atoms with E-state index in [-0.39, 0.29) is 16.5 Å². The smallest absolute Gasteiger partial charge is 0.321 e. The van der Waals surface area contributed by atoms with Crippen LogP contribution in [0.25, 0.3) is 0 Å². The molecular formula is C16H19N3O5S. The monoisotopic (exact) mass is 365 g/mol. The zero-order valence-electron chi connectivity index (χ0n) is 13.5. The molecule has 1 saturated carbocycles. The molecule has 8 nitrogen and oxygen atoms in total. The average Bonchev–Trinajstić information content (AvgIpc) is 2.77. The minimum Gasteiger partial charge on any atom is -0.335 e. The van der Waals surface area contributed by atoms with E-state index in [9.17, 15) is 22.8 Å². The van der Waals surface area contributed by atoms with Crippen LogP contribution in [0, 0.1) is 0 Å². The second-order valence-corrected chi connectivity index (χ2v) is 8.00. The normalized spacial score (nSPS) is 19.4. The van der Waals surface area contributed by atoms with Gasteiger partial charge in [-0.15, -0.1) is 0 Å². The Kier molecular flexibility index (Phi) is 4.76. The van der Waals surface area contributed by atoms with Crippen molar-refractivity contribution in [3.63, 3.8) is 0 Å². The fourth-order valence-electron chi connectivity index (χ4n) is 3.15. The lowest BCUT2D eigenvalue weighted by molar-refractivity contribution is -0.119. The largest absolute Gasteiger partial charge is 0.335 e. The zero-order valence-corrected chi connectivity index (χ0v) is 14.3. The van der Waals surface area contributed by atoms with Crippen LogP contribution in [0.3, 0.4) is 0 Å². The molecule has 2 aliphatic rings. The molecule has 1 fully saturated rings. The van der Waals surface area contributed by atoms with Crippen molar-refractivity contribution < 1.29 is 22.8 Å². The summed E-state index contributed by atoms with van der Waals surface area (Å²) in [5.74, 6) is -1.61. The second kappa shape index (κ2) is 6.83. The molecule has 0 aromatic heterocycles. The van der Waals surface area contributed by atoms with Crippen molar-refractivity contribution in [2.24, 2.45) is 0 Å². The Bertz CT molecular complexity index is 815. The number of imide groups is 1. The number of carbonyl (C=O) groups is 3. The molecule has 3 rings (SSSR count). The van der Waals surface area contributed by atoms with E-state index in [1.54, 1.807) is 6.07 Å². The molecule has 0 atom stereocenters. The van der Waals surface area contributed by atoms with Crippen molar-refractivity contribution in [3.05, 3.63) is 29.8 Å². The van der Waals surface area contributed by atoms with Crippen molar-refractivity contribution in [2.45, 2.75) is 43.0 Å². The highest BCUT2D eigenvalue weighted by molar-refractivity contribution is 7.90. The molecule has 0 unspecified atom stereocenters. The average molecular weight is 365 g/mol. The molecule has 1 aromatic rings. The lowest BCUT2D eigenvalue weighted by Gasteiger charge is -2.22. The maximum atomic E-state index is 12.4. The number of sulfonamides is 1. The summed E-state index contributed by atoms with van der Waals surface area (Å²) < 4.78 is 25.2. The van der Waals surface area contributed by atoms with Gasteiger partial charge in [0.2, 0.25) is 5.91 Å². The zero-order chi connectivity index (χ0) is 18.0. The van der Waals surface area contributed by atoms with E-state index in [4.69, 9.17) is 0 Å². The molecule has 9 heteroatoms. The Morgan fingerprint density at radius 1 is 1.12 bits per heavy atom. The first-order valence-electron chi connectivity index (χ1n) is 8.16. The summed E-state index contributed by atoms with van der Waals surface area (Å²) in [5.41, 5.74) is 0.0296. The van der Waals surface area contributed by atoms with Gasteiger partial charge >= 0.3 is 6.03 Å². The number of amides is 4. The number of hydrogen-bond acceptors (Lipinski definition) is 5. The predicted octanol–water partition coefficient (Wildman–Crippen LogP) is 0.990. The summed E-state index contributed by atoms with van der Waals surface area (Å²) >= 11 is 0. The Labute approximate surface area is 145 Å². The fraction of sp³-hybridized carbons (Fsp3) is 0.438. The van der Waals surface area contributed by atoms with Gasteiger partial charge in [0.1, 0.15) is 11.4 Å². The first-order chi connectivity index (χ1) is 11.9. The predicted molar refractivity (Wildman–Crippen MR) is 88.2 cm³/mol. The van der Waals surface area contributed by atoms with Crippen molar-refractivity contribution in [2.75, 3.05) is 6.54 Å². The van der Waals surface area contributed by atoms with Crippen molar-refractivity contribution >= 4 is 27.9 Å². The maximum absolute atomic E-state index is 12.4. The molecular weight excluding hydrogens is 346 g/mol. The summed E-state index contributed by atoms with van der Waals surface area (Å²) in [5, 5.41) is 4.79. The van der Waals surface area contributed by atoms with E-state index < -0.39 is 34.4 Å². The molecule has 1 heterocycles. The van der Waals surface area contributed by atoms with Gasteiger partial charge in [0.05, 0.1) is 5.56 Å². The van der Waals surface area contributed by atoms with Gasteiger partial charge in [0, 0.05) is 6.04 Å². The summed E-state index contributed by atoms with van der Waals surface area (Å²) in [6.07, 6.45) is 4.90. The number of hydrogen-bond donors (Lipinski definition) is 2. The number of urea groups is 1. The van der Waals surface area contributed by atoms with Gasteiger partial charge in [-0.25, -0.2) is 17.5 Å². The maximum Gasteiger partial charge on any atom is 0.321 e. The molecule has 2 N–H and O–H groups in total. The topological polar surface area (TPSA) is 113 Å². The Morgan fingerprint density at radius 2 is 1.80 bits per heavy atom. The number of fused-ring (bicyclic) bond motifs is 1. The highest BCUT2D eigenvalue weighted by Gasteiger charge is 2.41. The summed E-state index contributed by atoms with van der Waals surface area (Å²) in [6.45, 7) is -0.728. The third-order valence-corrected chi connectivity index (χ3v) is 6.18. The lowest BCUT2D eigenvalue weighted by atomic mass is 9.96. The number of benzene rings is 1. The molecule has 25 heavy (non-hydrogen) atoms. The first-order valence-corrected chi connectivity index (χ1v) is 9.60. The first kappa shape index (κ1) is 17.4. The minimum atomic E-state index is -4.06. The van der Waals surface area contributed by atoms with Gasteiger partial charge in [0.15, 0.2) is 0 Å². The van der Waals surface area contributed by atoms with Gasteiger partial charge in [-0.1, -0.05) is 31.4 Å². The Morgan fingerprint density at radius 3 is 2.48 bits per heavy atom. The second-order valence-electron chi connectivity index (χ2n) is 6.17. The standard InChI is InChI=1S/C16H19N3O5S/c20-14(18-16(22)17-11-6-2-1-3-7-11)10-19-15(21)12-8-4-5-9-13(12)25(19,23)24/h4-5,8-9,11H,1-3,6-7,10H2,(H2,17,18,20,22). The Balaban J connectivity index is 1.61. The third-order valence-electron chi connectivity index (χ3n) is 4.39. The molecule has 0 saturated heterocycles. The van der Waals surface area contributed by atoms with Crippen LogP contribution in [0.4, 0.5) is 4.79 Å². The van der Waals surface area contributed by atoms with Gasteiger partial charge in [-0.05, 0) is 25.0 Å². The fourth-order valence-corrected chi connectivity index (χ4v) is 4.68. The van der Waals surface area contributed by atoms with Crippen molar-refractivity contribution in [3.8, 4) is 0 Å². The van der Waals surface area contributed by atoms with Crippen LogP contribution >= 0.6 is 0 Å². The molecule has 134 valence electrons. The van der Waals surface area contributed by atoms with Crippen molar-refractivity contribution in [1.29, 1.82) is 0 Å². The van der Waals surface area contributed by atoms with E-state index in [1.165, 1.54) is 18.2 Å². The van der Waals surface area contributed by atoms with Crippen LogP contribution in [0.2, 0.25) is 0 Å². The van der Waals surface area contributed by atoms with E-state index in [0.29, 0.717) is 4.31 Å². The quantitative estimate of drug-likeness (QED) is 0.829.